The molecule has 3 heterocycles. The Kier molecular flexibility index (Phi) is 7.83. The second-order valence-electron chi connectivity index (χ2n) is 11.1. The fraction of sp³-hybridized carbons (Fsp3) is 0.429. The summed E-state index contributed by atoms with van der Waals surface area (Å²) in [6.45, 7) is 8.27. The number of hydrogen-bond donors (Lipinski definition) is 2. The summed E-state index contributed by atoms with van der Waals surface area (Å²) in [4.78, 5) is 31.8. The molecule has 4 aromatic rings. The van der Waals surface area contributed by atoms with Gasteiger partial charge >= 0.3 is 5.97 Å². The molecule has 2 aromatic carbocycles. The third kappa shape index (κ3) is 5.83. The topological polar surface area (TPSA) is 138 Å². The van der Waals surface area contributed by atoms with Gasteiger partial charge in [0.05, 0.1) is 24.7 Å². The first-order chi connectivity index (χ1) is 19.0. The van der Waals surface area contributed by atoms with E-state index in [0.29, 0.717) is 17.8 Å². The van der Waals surface area contributed by atoms with Crippen molar-refractivity contribution in [2.24, 2.45) is 5.41 Å². The Morgan fingerprint density at radius 3 is 2.77 bits per heavy atom. The van der Waals surface area contributed by atoms with Crippen molar-refractivity contribution in [1.29, 1.82) is 0 Å². The summed E-state index contributed by atoms with van der Waals surface area (Å²) in [6, 6.07) is 13.0. The summed E-state index contributed by atoms with van der Waals surface area (Å²) in [7, 11) is 0. The standard InChI is InChI=1S/C28H33ClN6O5/c1-16(35(39-14-28(2,3)4)20-11-7-9-17-8-5-6-10-19(17)20)26(37)38-13-18-12-21(36)25(40-18)34-15-31-22-23(30)32-27(29)33-24(22)34/h5-11,15-16,18,21,25,36H,12-14H2,1-4H3,(H2,30,32,33)/t16-,18-,21+,25+/m0/s1. The van der Waals surface area contributed by atoms with Gasteiger partial charge in [-0.05, 0) is 35.4 Å². The van der Waals surface area contributed by atoms with Crippen LogP contribution in [0.2, 0.25) is 5.28 Å². The monoisotopic (exact) mass is 568 g/mol. The molecule has 0 radical (unpaired) electrons. The van der Waals surface area contributed by atoms with Crippen molar-refractivity contribution in [3.63, 3.8) is 0 Å². The molecule has 4 atom stereocenters. The predicted octanol–water partition coefficient (Wildman–Crippen LogP) is 4.28. The average molecular weight is 569 g/mol. The summed E-state index contributed by atoms with van der Waals surface area (Å²) in [5, 5.41) is 14.3. The maximum atomic E-state index is 13.3. The number of carbonyl (C=O) groups excluding carboxylic acids is 1. The molecule has 0 aliphatic carbocycles. The third-order valence-corrected chi connectivity index (χ3v) is 6.77. The average Bonchev–Trinajstić information content (AvgIpc) is 3.49. The number of rotatable bonds is 8. The van der Waals surface area contributed by atoms with Crippen LogP contribution in [0.25, 0.3) is 21.9 Å². The number of halogens is 1. The number of aromatic nitrogens is 4. The number of fused-ring (bicyclic) bond motifs is 2. The number of aliphatic hydroxyl groups excluding tert-OH is 1. The van der Waals surface area contributed by atoms with Gasteiger partial charge in [0.15, 0.2) is 23.7 Å². The van der Waals surface area contributed by atoms with E-state index in [1.807, 2.05) is 42.5 Å². The van der Waals surface area contributed by atoms with Gasteiger partial charge in [-0.25, -0.2) is 14.8 Å². The van der Waals surface area contributed by atoms with Crippen LogP contribution < -0.4 is 10.8 Å². The zero-order chi connectivity index (χ0) is 28.6. The lowest BCUT2D eigenvalue weighted by atomic mass is 9.99. The fourth-order valence-corrected chi connectivity index (χ4v) is 4.80. The van der Waals surface area contributed by atoms with Gasteiger partial charge in [-0.1, -0.05) is 57.2 Å². The third-order valence-electron chi connectivity index (χ3n) is 6.61. The van der Waals surface area contributed by atoms with Gasteiger partial charge in [-0.2, -0.15) is 9.97 Å². The largest absolute Gasteiger partial charge is 0.461 e. The first-order valence-corrected chi connectivity index (χ1v) is 13.5. The van der Waals surface area contributed by atoms with Crippen molar-refractivity contribution < 1.29 is 24.2 Å². The van der Waals surface area contributed by atoms with Gasteiger partial charge in [0, 0.05) is 11.8 Å². The van der Waals surface area contributed by atoms with E-state index in [9.17, 15) is 9.90 Å². The normalized spacial score (nSPS) is 20.2. The Morgan fingerprint density at radius 1 is 1.25 bits per heavy atom. The SMILES string of the molecule is C[C@@H](C(=O)OC[C@@H]1C[C@@H](O)[C@H](n2cnc3c(N)nc(Cl)nc32)O1)N(OCC(C)(C)C)c1cccc2ccccc12. The van der Waals surface area contributed by atoms with E-state index in [1.165, 1.54) is 6.33 Å². The van der Waals surface area contributed by atoms with Crippen molar-refractivity contribution in [2.45, 2.75) is 58.6 Å². The lowest BCUT2D eigenvalue weighted by Crippen LogP contribution is -2.42. The molecular weight excluding hydrogens is 536 g/mol. The van der Waals surface area contributed by atoms with Gasteiger partial charge in [0.2, 0.25) is 5.28 Å². The van der Waals surface area contributed by atoms with Crippen LogP contribution in [-0.4, -0.2) is 62.1 Å². The highest BCUT2D eigenvalue weighted by atomic mass is 35.5. The van der Waals surface area contributed by atoms with Crippen LogP contribution in [0.15, 0.2) is 48.8 Å². The number of imidazole rings is 1. The summed E-state index contributed by atoms with van der Waals surface area (Å²) in [5.74, 6) is -0.353. The minimum atomic E-state index is -0.893. The molecule has 0 unspecified atom stereocenters. The van der Waals surface area contributed by atoms with Crippen LogP contribution in [0, 0.1) is 5.41 Å². The van der Waals surface area contributed by atoms with E-state index in [0.717, 1.165) is 16.5 Å². The van der Waals surface area contributed by atoms with Gasteiger partial charge in [-0.3, -0.25) is 9.40 Å². The molecule has 1 saturated heterocycles. The van der Waals surface area contributed by atoms with Crippen LogP contribution in [0.4, 0.5) is 11.5 Å². The fourth-order valence-electron chi connectivity index (χ4n) is 4.63. The molecule has 0 amide bonds. The van der Waals surface area contributed by atoms with Gasteiger partial charge < -0.3 is 20.3 Å². The van der Waals surface area contributed by atoms with Gasteiger partial charge in [0.25, 0.3) is 0 Å². The number of hydrogen-bond acceptors (Lipinski definition) is 10. The Bertz CT molecular complexity index is 1520. The smallest absolute Gasteiger partial charge is 0.331 e. The predicted molar refractivity (Wildman–Crippen MR) is 152 cm³/mol. The van der Waals surface area contributed by atoms with Crippen LogP contribution in [0.1, 0.15) is 40.3 Å². The Balaban J connectivity index is 1.29. The van der Waals surface area contributed by atoms with E-state index in [1.54, 1.807) is 16.6 Å². The van der Waals surface area contributed by atoms with Crippen molar-refractivity contribution in [2.75, 3.05) is 24.0 Å². The summed E-state index contributed by atoms with van der Waals surface area (Å²) < 4.78 is 13.3. The number of nitrogens with two attached hydrogens (primary N) is 1. The number of carbonyl (C=O) groups is 1. The first-order valence-electron chi connectivity index (χ1n) is 13.1. The maximum absolute atomic E-state index is 13.3. The van der Waals surface area contributed by atoms with E-state index in [4.69, 9.17) is 31.6 Å². The zero-order valence-corrected chi connectivity index (χ0v) is 23.6. The number of nitrogen functional groups attached to an aromatic ring is 1. The number of hydroxylamine groups is 1. The van der Waals surface area contributed by atoms with E-state index in [2.05, 4.69) is 35.7 Å². The molecule has 1 fully saturated rings. The number of benzene rings is 2. The Hall–Kier alpha value is -3.51. The molecule has 5 rings (SSSR count). The van der Waals surface area contributed by atoms with Crippen molar-refractivity contribution in [3.8, 4) is 0 Å². The lowest BCUT2D eigenvalue weighted by Gasteiger charge is -2.32. The molecule has 12 heteroatoms. The molecule has 0 saturated carbocycles. The van der Waals surface area contributed by atoms with E-state index >= 15 is 0 Å². The first kappa shape index (κ1) is 28.0. The number of ether oxygens (including phenoxy) is 2. The van der Waals surface area contributed by atoms with Crippen LogP contribution in [0.3, 0.4) is 0 Å². The van der Waals surface area contributed by atoms with Gasteiger partial charge in [-0.15, -0.1) is 0 Å². The van der Waals surface area contributed by atoms with Crippen LogP contribution in [0.5, 0.6) is 0 Å². The second kappa shape index (κ2) is 11.2. The van der Waals surface area contributed by atoms with Gasteiger partial charge in [0.1, 0.15) is 18.2 Å². The Labute approximate surface area is 236 Å². The Morgan fingerprint density at radius 2 is 2.00 bits per heavy atom. The summed E-state index contributed by atoms with van der Waals surface area (Å²) in [5.41, 5.74) is 7.23. The molecule has 1 aliphatic rings. The number of nitrogens with zero attached hydrogens (tertiary/aromatic N) is 5. The highest BCUT2D eigenvalue weighted by Crippen LogP contribution is 2.33. The molecule has 0 bridgehead atoms. The second-order valence-corrected chi connectivity index (χ2v) is 11.5. The minimum Gasteiger partial charge on any atom is -0.461 e. The van der Waals surface area contributed by atoms with Crippen LogP contribution >= 0.6 is 11.6 Å². The molecule has 1 aliphatic heterocycles. The minimum absolute atomic E-state index is 0.0388. The molecule has 0 spiro atoms. The zero-order valence-electron chi connectivity index (χ0n) is 22.8. The maximum Gasteiger partial charge on any atom is 0.331 e. The summed E-state index contributed by atoms with van der Waals surface area (Å²) in [6.07, 6.45) is -0.543. The quantitative estimate of drug-likeness (QED) is 0.180. The molecule has 40 heavy (non-hydrogen) atoms. The highest BCUT2D eigenvalue weighted by Gasteiger charge is 2.38. The van der Waals surface area contributed by atoms with Crippen molar-refractivity contribution in [3.05, 3.63) is 54.1 Å². The molecule has 212 valence electrons. The van der Waals surface area contributed by atoms with Crippen molar-refractivity contribution >= 4 is 51.0 Å². The molecule has 11 nitrogen and oxygen atoms in total. The molecule has 3 N–H and O–H groups in total. The van der Waals surface area contributed by atoms with E-state index < -0.39 is 30.4 Å². The summed E-state index contributed by atoms with van der Waals surface area (Å²) >= 11 is 5.97. The highest BCUT2D eigenvalue weighted by molar-refractivity contribution is 6.28. The number of esters is 1. The number of aliphatic hydroxyl groups is 1. The van der Waals surface area contributed by atoms with Crippen molar-refractivity contribution in [1.82, 2.24) is 19.5 Å². The molecule has 2 aromatic heterocycles. The number of anilines is 2. The van der Waals surface area contributed by atoms with Crippen LogP contribution in [-0.2, 0) is 19.1 Å². The van der Waals surface area contributed by atoms with E-state index in [-0.39, 0.29) is 29.5 Å². The molecular formula is C28H33ClN6O5. The lowest BCUT2D eigenvalue weighted by molar-refractivity contribution is -0.152.